The molecular weight excluding hydrogens is 542 g/mol. The number of aryl methyl sites for hydroxylation is 1. The number of carbonyl (C=O) groups is 1. The summed E-state index contributed by atoms with van der Waals surface area (Å²) in [5, 5.41) is 7.78. The van der Waals surface area contributed by atoms with E-state index in [9.17, 15) is 4.79 Å². The highest BCUT2D eigenvalue weighted by Gasteiger charge is 2.43. The maximum atomic E-state index is 12.1. The van der Waals surface area contributed by atoms with E-state index in [-0.39, 0.29) is 24.6 Å². The zero-order valence-corrected chi connectivity index (χ0v) is 24.7. The lowest BCUT2D eigenvalue weighted by molar-refractivity contribution is -0.119. The van der Waals surface area contributed by atoms with Gasteiger partial charge >= 0.3 is 0 Å². The van der Waals surface area contributed by atoms with Gasteiger partial charge in [0.05, 0.1) is 17.8 Å². The lowest BCUT2D eigenvalue weighted by atomic mass is 9.93. The number of anilines is 2. The maximum absolute atomic E-state index is 12.1. The van der Waals surface area contributed by atoms with E-state index in [1.807, 2.05) is 61.7 Å². The summed E-state index contributed by atoms with van der Waals surface area (Å²) in [4.78, 5) is 19.0. The number of hydrogen-bond acceptors (Lipinski definition) is 4. The molecule has 9 heteroatoms. The Labute approximate surface area is 245 Å². The van der Waals surface area contributed by atoms with Crippen molar-refractivity contribution in [3.05, 3.63) is 106 Å². The van der Waals surface area contributed by atoms with Crippen molar-refractivity contribution < 1.29 is 9.53 Å². The van der Waals surface area contributed by atoms with E-state index >= 15 is 0 Å². The highest BCUT2D eigenvalue weighted by Crippen LogP contribution is 2.46. The van der Waals surface area contributed by atoms with Crippen molar-refractivity contribution in [3.63, 3.8) is 0 Å². The van der Waals surface area contributed by atoms with Crippen molar-refractivity contribution >= 4 is 46.2 Å². The first-order valence-corrected chi connectivity index (χ1v) is 13.8. The van der Waals surface area contributed by atoms with Crippen molar-refractivity contribution in [2.24, 2.45) is 0 Å². The molecule has 1 fully saturated rings. The van der Waals surface area contributed by atoms with Gasteiger partial charge in [-0.05, 0) is 99.6 Å². The first kappa shape index (κ1) is 27.8. The van der Waals surface area contributed by atoms with Crippen LogP contribution in [-0.4, -0.2) is 34.3 Å². The average Bonchev–Trinajstić information content (AvgIpc) is 3.37. The molecular formula is C31H32ClN5O2S. The molecule has 1 aliphatic rings. The molecule has 3 heterocycles. The van der Waals surface area contributed by atoms with E-state index in [0.29, 0.717) is 10.1 Å². The minimum absolute atomic E-state index is 0.00330. The fourth-order valence-electron chi connectivity index (χ4n) is 5.63. The molecule has 0 spiro atoms. The predicted octanol–water partition coefficient (Wildman–Crippen LogP) is 6.52. The summed E-state index contributed by atoms with van der Waals surface area (Å²) in [5.41, 5.74) is 9.11. The van der Waals surface area contributed by atoms with Crippen LogP contribution in [0.15, 0.2) is 66.9 Å². The van der Waals surface area contributed by atoms with Crippen molar-refractivity contribution in [2.45, 2.75) is 39.8 Å². The molecule has 206 valence electrons. The van der Waals surface area contributed by atoms with Crippen LogP contribution in [0.1, 0.15) is 45.9 Å². The van der Waals surface area contributed by atoms with E-state index in [1.54, 1.807) is 0 Å². The molecule has 1 amide bonds. The van der Waals surface area contributed by atoms with Crippen LogP contribution in [0.5, 0.6) is 0 Å². The molecule has 0 aliphatic carbocycles. The molecule has 0 radical (unpaired) electrons. The topological polar surface area (TPSA) is 71.4 Å². The minimum Gasteiger partial charge on any atom is -0.375 e. The number of methoxy groups -OCH3 is 1. The predicted molar refractivity (Wildman–Crippen MR) is 165 cm³/mol. The molecule has 7 nitrogen and oxygen atoms in total. The lowest BCUT2D eigenvalue weighted by Crippen LogP contribution is -2.30. The van der Waals surface area contributed by atoms with Gasteiger partial charge in [0.25, 0.3) is 0 Å². The molecule has 2 aromatic carbocycles. The van der Waals surface area contributed by atoms with Crippen LogP contribution in [0.4, 0.5) is 11.4 Å². The quantitative estimate of drug-likeness (QED) is 0.245. The lowest BCUT2D eigenvalue weighted by Gasteiger charge is -2.29. The Morgan fingerprint density at radius 3 is 2.52 bits per heavy atom. The summed E-state index contributed by atoms with van der Waals surface area (Å²) >= 11 is 12.4. The zero-order chi connectivity index (χ0) is 28.6. The van der Waals surface area contributed by atoms with Gasteiger partial charge in [-0.25, -0.2) is 0 Å². The third-order valence-corrected chi connectivity index (χ3v) is 8.05. The van der Waals surface area contributed by atoms with Gasteiger partial charge in [0.15, 0.2) is 5.11 Å². The highest BCUT2D eigenvalue weighted by atomic mass is 35.5. The van der Waals surface area contributed by atoms with Gasteiger partial charge in [-0.1, -0.05) is 23.7 Å². The average molecular weight is 574 g/mol. The van der Waals surface area contributed by atoms with Crippen molar-refractivity contribution in [2.75, 3.05) is 23.9 Å². The van der Waals surface area contributed by atoms with Gasteiger partial charge in [-0.2, -0.15) is 0 Å². The molecule has 0 unspecified atom stereocenters. The third-order valence-electron chi connectivity index (χ3n) is 7.51. The molecule has 1 aliphatic heterocycles. The zero-order valence-electron chi connectivity index (χ0n) is 23.2. The first-order chi connectivity index (χ1) is 19.2. The number of carbonyl (C=O) groups excluding carboxylic acids is 1. The molecule has 2 N–H and O–H groups in total. The summed E-state index contributed by atoms with van der Waals surface area (Å²) in [7, 11) is 1.50. The number of thiocarbonyl (C=S) groups is 1. The van der Waals surface area contributed by atoms with Crippen LogP contribution in [-0.2, 0) is 9.53 Å². The van der Waals surface area contributed by atoms with E-state index in [4.69, 9.17) is 33.5 Å². The normalized spacial score (nSPS) is 16.8. The van der Waals surface area contributed by atoms with Crippen molar-refractivity contribution in [1.82, 2.24) is 14.9 Å². The summed E-state index contributed by atoms with van der Waals surface area (Å²) in [6.45, 7) is 8.41. The van der Waals surface area contributed by atoms with Crippen LogP contribution in [0.3, 0.4) is 0 Å². The Balaban J connectivity index is 1.65. The van der Waals surface area contributed by atoms with E-state index in [2.05, 4.69) is 53.0 Å². The third kappa shape index (κ3) is 5.10. The molecule has 4 aromatic rings. The highest BCUT2D eigenvalue weighted by molar-refractivity contribution is 7.80. The Bertz CT molecular complexity index is 1590. The number of benzene rings is 2. The Morgan fingerprint density at radius 2 is 1.85 bits per heavy atom. The largest absolute Gasteiger partial charge is 0.375 e. The molecule has 0 bridgehead atoms. The second kappa shape index (κ2) is 11.4. The standard InChI is InChI=1S/C31H32ClN5O2S/c1-18-15-24(12-13-25(18)34-27(38)17-39-5)37-30(29(35-31(37)40)26-11-6-7-14-33-26)28-19(2)20(3)36(21(28)4)23-10-8-9-22(32)16-23/h6-16,29-30H,17H2,1-5H3,(H,34,38)(H,35,40)/t29-,30+/m1/s1. The Kier molecular flexibility index (Phi) is 7.94. The van der Waals surface area contributed by atoms with Gasteiger partial charge in [-0.15, -0.1) is 0 Å². The second-order valence-electron chi connectivity index (χ2n) is 10.0. The Morgan fingerprint density at radius 1 is 1.05 bits per heavy atom. The molecule has 2 atom stereocenters. The number of nitrogens with one attached hydrogen (secondary N) is 2. The van der Waals surface area contributed by atoms with Gasteiger partial charge in [0.2, 0.25) is 5.91 Å². The molecule has 1 saturated heterocycles. The second-order valence-corrected chi connectivity index (χ2v) is 10.8. The van der Waals surface area contributed by atoms with Crippen molar-refractivity contribution in [1.29, 1.82) is 0 Å². The number of amides is 1. The van der Waals surface area contributed by atoms with Crippen LogP contribution in [0, 0.1) is 27.7 Å². The fourth-order valence-corrected chi connectivity index (χ4v) is 6.16. The van der Waals surface area contributed by atoms with Crippen molar-refractivity contribution in [3.8, 4) is 5.69 Å². The number of hydrogen-bond donors (Lipinski definition) is 2. The molecule has 0 saturated carbocycles. The number of nitrogens with zero attached hydrogens (tertiary/aromatic N) is 3. The number of halogens is 1. The smallest absolute Gasteiger partial charge is 0.250 e. The fraction of sp³-hybridized carbons (Fsp3) is 0.258. The van der Waals surface area contributed by atoms with Crippen LogP contribution in [0.2, 0.25) is 5.02 Å². The van der Waals surface area contributed by atoms with Gasteiger partial charge in [0, 0.05) is 52.3 Å². The SMILES string of the molecule is COCC(=O)Nc1ccc(N2C(=S)N[C@H](c3ccccn3)[C@@H]2c2c(C)c(C)n(-c3cccc(Cl)c3)c2C)cc1C. The van der Waals surface area contributed by atoms with Crippen LogP contribution >= 0.6 is 23.8 Å². The van der Waals surface area contributed by atoms with Gasteiger partial charge in [-0.3, -0.25) is 9.78 Å². The van der Waals surface area contributed by atoms with E-state index in [1.165, 1.54) is 18.2 Å². The molecule has 2 aromatic heterocycles. The van der Waals surface area contributed by atoms with E-state index < -0.39 is 0 Å². The summed E-state index contributed by atoms with van der Waals surface area (Å²) in [6, 6.07) is 19.4. The molecule has 5 rings (SSSR count). The number of ether oxygens (including phenoxy) is 1. The number of aromatic nitrogens is 2. The van der Waals surface area contributed by atoms with Crippen LogP contribution < -0.4 is 15.5 Å². The number of rotatable bonds is 7. The first-order valence-electron chi connectivity index (χ1n) is 13.1. The summed E-state index contributed by atoms with van der Waals surface area (Å²) in [5.74, 6) is -0.200. The van der Waals surface area contributed by atoms with E-state index in [0.717, 1.165) is 39.7 Å². The minimum atomic E-state index is -0.200. The molecule has 40 heavy (non-hydrogen) atoms. The number of pyridine rings is 1. The van der Waals surface area contributed by atoms with Crippen LogP contribution in [0.25, 0.3) is 5.69 Å². The maximum Gasteiger partial charge on any atom is 0.250 e. The summed E-state index contributed by atoms with van der Waals surface area (Å²) < 4.78 is 7.22. The summed E-state index contributed by atoms with van der Waals surface area (Å²) in [6.07, 6.45) is 1.81. The van der Waals surface area contributed by atoms with Gasteiger partial charge < -0.3 is 24.8 Å². The van der Waals surface area contributed by atoms with Gasteiger partial charge in [0.1, 0.15) is 6.61 Å². The Hall–Kier alpha value is -3.72. The monoisotopic (exact) mass is 573 g/mol.